The topological polar surface area (TPSA) is 78.4 Å². The average Bonchev–Trinajstić information content (AvgIpc) is 3.24. The van der Waals surface area contributed by atoms with Crippen LogP contribution < -0.4 is 10.6 Å². The fourth-order valence-electron chi connectivity index (χ4n) is 3.25. The number of hydrogen-bond acceptors (Lipinski definition) is 2. The highest BCUT2D eigenvalue weighted by Gasteiger charge is 2.33. The zero-order chi connectivity index (χ0) is 15.2. The minimum atomic E-state index is -0.844. The van der Waals surface area contributed by atoms with Crippen molar-refractivity contribution in [2.75, 3.05) is 6.54 Å². The Hall–Kier alpha value is -1.26. The molecular formula is C16H28N2O3. The molecule has 2 aliphatic carbocycles. The van der Waals surface area contributed by atoms with Crippen LogP contribution in [0.15, 0.2) is 0 Å². The van der Waals surface area contributed by atoms with Crippen molar-refractivity contribution < 1.29 is 14.7 Å². The molecule has 1 unspecified atom stereocenters. The maximum absolute atomic E-state index is 11.8. The summed E-state index contributed by atoms with van der Waals surface area (Å²) in [6, 6.07) is -0.421. The third kappa shape index (κ3) is 5.94. The van der Waals surface area contributed by atoms with Crippen LogP contribution in [0.4, 0.5) is 4.79 Å². The Bertz CT molecular complexity index is 361. The number of urea groups is 1. The van der Waals surface area contributed by atoms with E-state index in [0.29, 0.717) is 12.5 Å². The number of carboxylic acid groups (broad SMARTS) is 1. The van der Waals surface area contributed by atoms with Crippen molar-refractivity contribution in [3.63, 3.8) is 0 Å². The normalized spacial score (nSPS) is 26.9. The van der Waals surface area contributed by atoms with Crippen LogP contribution in [0.3, 0.4) is 0 Å². The standard InChI is InChI=1S/C16H28N2O3/c1-11-2-4-12(5-3-11)8-9-17-16(21)18-14(10-15(19)20)13-6-7-13/h11-14H,2-10H2,1H3,(H,19,20)(H2,17,18,21). The molecule has 5 heteroatoms. The van der Waals surface area contributed by atoms with E-state index in [4.69, 9.17) is 5.11 Å². The molecule has 0 spiro atoms. The molecule has 0 aromatic carbocycles. The van der Waals surface area contributed by atoms with Gasteiger partial charge in [-0.2, -0.15) is 0 Å². The molecule has 2 rings (SSSR count). The maximum atomic E-state index is 11.8. The molecule has 3 N–H and O–H groups in total. The number of amides is 2. The number of carboxylic acids is 1. The van der Waals surface area contributed by atoms with Gasteiger partial charge in [-0.25, -0.2) is 4.79 Å². The minimum absolute atomic E-state index is 0.0264. The third-order valence-corrected chi connectivity index (χ3v) is 4.88. The highest BCUT2D eigenvalue weighted by Crippen LogP contribution is 2.34. The zero-order valence-electron chi connectivity index (χ0n) is 12.9. The van der Waals surface area contributed by atoms with Gasteiger partial charge in [0.2, 0.25) is 0 Å². The molecule has 1 atom stereocenters. The zero-order valence-corrected chi connectivity index (χ0v) is 12.9. The van der Waals surface area contributed by atoms with Crippen LogP contribution in [0, 0.1) is 17.8 Å². The number of carbonyl (C=O) groups is 2. The molecule has 2 amide bonds. The average molecular weight is 296 g/mol. The first-order valence-corrected chi connectivity index (χ1v) is 8.30. The van der Waals surface area contributed by atoms with E-state index in [-0.39, 0.29) is 18.5 Å². The first kappa shape index (κ1) is 16.1. The predicted molar refractivity (Wildman–Crippen MR) is 81.0 cm³/mol. The molecule has 0 bridgehead atoms. The molecule has 2 saturated carbocycles. The summed E-state index contributed by atoms with van der Waals surface area (Å²) in [6.07, 6.45) is 8.27. The first-order chi connectivity index (χ1) is 10.0. The largest absolute Gasteiger partial charge is 0.481 e. The van der Waals surface area contributed by atoms with Crippen molar-refractivity contribution in [3.8, 4) is 0 Å². The molecule has 0 aliphatic heterocycles. The van der Waals surface area contributed by atoms with Gasteiger partial charge < -0.3 is 15.7 Å². The van der Waals surface area contributed by atoms with E-state index in [1.807, 2.05) is 0 Å². The van der Waals surface area contributed by atoms with Crippen LogP contribution >= 0.6 is 0 Å². The molecule has 0 aromatic heterocycles. The molecule has 120 valence electrons. The fraction of sp³-hybridized carbons (Fsp3) is 0.875. The lowest BCUT2D eigenvalue weighted by atomic mass is 9.81. The van der Waals surface area contributed by atoms with Gasteiger partial charge in [0.15, 0.2) is 0 Å². The number of hydrogen-bond donors (Lipinski definition) is 3. The van der Waals surface area contributed by atoms with Crippen LogP contribution in [0.2, 0.25) is 0 Å². The summed E-state index contributed by atoms with van der Waals surface area (Å²) in [5, 5.41) is 14.6. The first-order valence-electron chi connectivity index (χ1n) is 8.30. The predicted octanol–water partition coefficient (Wildman–Crippen LogP) is 2.76. The molecule has 0 saturated heterocycles. The second-order valence-electron chi connectivity index (χ2n) is 6.86. The van der Waals surface area contributed by atoms with E-state index in [1.54, 1.807) is 0 Å². The number of carbonyl (C=O) groups excluding carboxylic acids is 1. The molecule has 0 heterocycles. The van der Waals surface area contributed by atoms with Gasteiger partial charge in [0.25, 0.3) is 0 Å². The highest BCUT2D eigenvalue weighted by molar-refractivity contribution is 5.75. The molecule has 0 radical (unpaired) electrons. The third-order valence-electron chi connectivity index (χ3n) is 4.88. The summed E-state index contributed by atoms with van der Waals surface area (Å²) in [6.45, 7) is 3.00. The second kappa shape index (κ2) is 7.66. The summed E-state index contributed by atoms with van der Waals surface area (Å²) in [7, 11) is 0. The molecule has 21 heavy (non-hydrogen) atoms. The van der Waals surface area contributed by atoms with Crippen LogP contribution in [-0.4, -0.2) is 29.7 Å². The Morgan fingerprint density at radius 1 is 1.14 bits per heavy atom. The van der Waals surface area contributed by atoms with E-state index >= 15 is 0 Å². The van der Waals surface area contributed by atoms with E-state index in [2.05, 4.69) is 17.6 Å². The van der Waals surface area contributed by atoms with Gasteiger partial charge in [0, 0.05) is 12.6 Å². The molecule has 2 aliphatic rings. The Morgan fingerprint density at radius 3 is 2.38 bits per heavy atom. The van der Waals surface area contributed by atoms with Crippen LogP contribution in [-0.2, 0) is 4.79 Å². The SMILES string of the molecule is CC1CCC(CCNC(=O)NC(CC(=O)O)C2CC2)CC1. The lowest BCUT2D eigenvalue weighted by Gasteiger charge is -2.26. The second-order valence-corrected chi connectivity index (χ2v) is 6.86. The van der Waals surface area contributed by atoms with Gasteiger partial charge in [0.1, 0.15) is 0 Å². The Kier molecular flexibility index (Phi) is 5.88. The van der Waals surface area contributed by atoms with Gasteiger partial charge in [-0.05, 0) is 37.0 Å². The van der Waals surface area contributed by atoms with Crippen molar-refractivity contribution in [2.45, 2.75) is 64.3 Å². The number of aliphatic carboxylic acids is 1. The van der Waals surface area contributed by atoms with Gasteiger partial charge >= 0.3 is 12.0 Å². The quantitative estimate of drug-likeness (QED) is 0.676. The highest BCUT2D eigenvalue weighted by atomic mass is 16.4. The summed E-state index contributed by atoms with van der Waals surface area (Å²) >= 11 is 0. The molecule has 0 aromatic rings. The van der Waals surface area contributed by atoms with Gasteiger partial charge in [-0.1, -0.05) is 32.6 Å². The maximum Gasteiger partial charge on any atom is 0.315 e. The van der Waals surface area contributed by atoms with Gasteiger partial charge in [-0.15, -0.1) is 0 Å². The van der Waals surface area contributed by atoms with Crippen LogP contribution in [0.5, 0.6) is 0 Å². The molecule has 5 nitrogen and oxygen atoms in total. The summed E-state index contributed by atoms with van der Waals surface area (Å²) in [5.74, 6) is 1.10. The smallest absolute Gasteiger partial charge is 0.315 e. The number of rotatable bonds is 7. The molecular weight excluding hydrogens is 268 g/mol. The minimum Gasteiger partial charge on any atom is -0.481 e. The Morgan fingerprint density at radius 2 is 1.81 bits per heavy atom. The summed E-state index contributed by atoms with van der Waals surface area (Å²) in [5.41, 5.74) is 0. The molecule has 2 fully saturated rings. The summed E-state index contributed by atoms with van der Waals surface area (Å²) < 4.78 is 0. The van der Waals surface area contributed by atoms with E-state index in [0.717, 1.165) is 31.1 Å². The van der Waals surface area contributed by atoms with Crippen molar-refractivity contribution in [1.29, 1.82) is 0 Å². The Balaban J connectivity index is 1.61. The fourth-order valence-corrected chi connectivity index (χ4v) is 3.25. The van der Waals surface area contributed by atoms with Gasteiger partial charge in [-0.3, -0.25) is 4.79 Å². The van der Waals surface area contributed by atoms with Crippen LogP contribution in [0.1, 0.15) is 58.3 Å². The van der Waals surface area contributed by atoms with Crippen molar-refractivity contribution in [2.24, 2.45) is 17.8 Å². The van der Waals surface area contributed by atoms with E-state index in [1.165, 1.54) is 25.7 Å². The van der Waals surface area contributed by atoms with E-state index < -0.39 is 5.97 Å². The van der Waals surface area contributed by atoms with Crippen molar-refractivity contribution in [1.82, 2.24) is 10.6 Å². The summed E-state index contributed by atoms with van der Waals surface area (Å²) in [4.78, 5) is 22.6. The van der Waals surface area contributed by atoms with E-state index in [9.17, 15) is 9.59 Å². The monoisotopic (exact) mass is 296 g/mol. The van der Waals surface area contributed by atoms with Crippen molar-refractivity contribution >= 4 is 12.0 Å². The van der Waals surface area contributed by atoms with Crippen LogP contribution in [0.25, 0.3) is 0 Å². The Labute approximate surface area is 126 Å². The van der Waals surface area contributed by atoms with Gasteiger partial charge in [0.05, 0.1) is 6.42 Å². The lowest BCUT2D eigenvalue weighted by molar-refractivity contribution is -0.137. The van der Waals surface area contributed by atoms with Crippen molar-refractivity contribution in [3.05, 3.63) is 0 Å². The lowest BCUT2D eigenvalue weighted by Crippen LogP contribution is -2.44. The number of nitrogens with one attached hydrogen (secondary N) is 2.